The van der Waals surface area contributed by atoms with Gasteiger partial charge in [-0.25, -0.2) is 4.79 Å². The van der Waals surface area contributed by atoms with Crippen LogP contribution in [0.3, 0.4) is 0 Å². The molecule has 0 aliphatic carbocycles. The molecule has 21 heavy (non-hydrogen) atoms. The van der Waals surface area contributed by atoms with E-state index >= 15 is 0 Å². The average molecular weight is 296 g/mol. The molecular weight excluding hydrogens is 264 g/mol. The Balaban J connectivity index is 2.53. The number of nitrogens with one attached hydrogen (secondary N) is 1. The molecule has 1 fully saturated rings. The molecule has 1 rings (SSSR count). The highest BCUT2D eigenvalue weighted by molar-refractivity contribution is 5.84. The molecule has 0 saturated carbocycles. The monoisotopic (exact) mass is 296 g/mol. The van der Waals surface area contributed by atoms with E-state index in [0.717, 1.165) is 38.9 Å². The van der Waals surface area contributed by atoms with Crippen LogP contribution < -0.4 is 5.32 Å². The summed E-state index contributed by atoms with van der Waals surface area (Å²) in [7, 11) is 0. The van der Waals surface area contributed by atoms with Gasteiger partial charge in [-0.3, -0.25) is 4.79 Å². The fourth-order valence-electron chi connectivity index (χ4n) is 2.61. The largest absolute Gasteiger partial charge is 0.338 e. The van der Waals surface area contributed by atoms with Gasteiger partial charge < -0.3 is 10.2 Å². The summed E-state index contributed by atoms with van der Waals surface area (Å²) in [5.41, 5.74) is -0.271. The second-order valence-corrected chi connectivity index (χ2v) is 7.19. The number of Topliss-reactive ketones (excluding diaryl/α,β-unsaturated/α-hetero) is 1. The number of carbonyl (C=O) groups excluding carboxylic acids is 2. The number of ketones is 1. The number of carbonyl (C=O) groups is 2. The predicted molar refractivity (Wildman–Crippen MR) is 86.2 cm³/mol. The van der Waals surface area contributed by atoms with Gasteiger partial charge in [-0.2, -0.15) is 0 Å². The zero-order chi connectivity index (χ0) is 16.0. The van der Waals surface area contributed by atoms with Crippen LogP contribution in [0, 0.1) is 17.3 Å². The molecule has 122 valence electrons. The maximum Gasteiger partial charge on any atom is 0.317 e. The maximum absolute atomic E-state index is 12.5. The van der Waals surface area contributed by atoms with Gasteiger partial charge in [0.2, 0.25) is 0 Å². The molecule has 1 aliphatic rings. The predicted octanol–water partition coefficient (Wildman–Crippen LogP) is 3.46. The smallest absolute Gasteiger partial charge is 0.317 e. The van der Waals surface area contributed by atoms with Crippen molar-refractivity contribution in [1.82, 2.24) is 10.2 Å². The third-order valence-corrected chi connectivity index (χ3v) is 4.97. The Morgan fingerprint density at radius 1 is 1.33 bits per heavy atom. The quantitative estimate of drug-likeness (QED) is 0.816. The Morgan fingerprint density at radius 2 is 2.00 bits per heavy atom. The van der Waals surface area contributed by atoms with E-state index in [1.54, 1.807) is 0 Å². The molecule has 4 heteroatoms. The number of hydrogen-bond acceptors (Lipinski definition) is 2. The van der Waals surface area contributed by atoms with Crippen LogP contribution >= 0.6 is 0 Å². The van der Waals surface area contributed by atoms with E-state index in [9.17, 15) is 9.59 Å². The van der Waals surface area contributed by atoms with Crippen LogP contribution in [-0.2, 0) is 4.79 Å². The van der Waals surface area contributed by atoms with E-state index in [1.165, 1.54) is 0 Å². The molecule has 0 aromatic carbocycles. The molecule has 1 N–H and O–H groups in total. The Bertz CT molecular complexity index is 364. The number of piperidine rings is 1. The third-order valence-electron chi connectivity index (χ3n) is 4.97. The van der Waals surface area contributed by atoms with Gasteiger partial charge in [-0.15, -0.1) is 0 Å². The molecule has 1 saturated heterocycles. The van der Waals surface area contributed by atoms with Gasteiger partial charge in [-0.1, -0.05) is 34.6 Å². The molecule has 0 spiro atoms. The van der Waals surface area contributed by atoms with Gasteiger partial charge in [-0.05, 0) is 31.1 Å². The van der Waals surface area contributed by atoms with Crippen molar-refractivity contribution in [3.05, 3.63) is 0 Å². The topological polar surface area (TPSA) is 49.4 Å². The van der Waals surface area contributed by atoms with Crippen molar-refractivity contribution in [1.29, 1.82) is 0 Å². The van der Waals surface area contributed by atoms with Gasteiger partial charge in [0.25, 0.3) is 0 Å². The molecule has 0 radical (unpaired) electrons. The minimum absolute atomic E-state index is 0.0251. The van der Waals surface area contributed by atoms with Crippen molar-refractivity contribution in [2.45, 2.75) is 60.3 Å². The van der Waals surface area contributed by atoms with Crippen molar-refractivity contribution >= 4 is 11.8 Å². The fraction of sp³-hybridized carbons (Fsp3) is 0.882. The van der Waals surface area contributed by atoms with Gasteiger partial charge in [0.15, 0.2) is 0 Å². The maximum atomic E-state index is 12.5. The Hall–Kier alpha value is -1.06. The summed E-state index contributed by atoms with van der Waals surface area (Å²) in [6.07, 6.45) is 3.60. The molecule has 0 aromatic heterocycles. The first-order valence-electron chi connectivity index (χ1n) is 8.35. The van der Waals surface area contributed by atoms with Crippen LogP contribution in [0.4, 0.5) is 4.79 Å². The molecule has 0 aromatic rings. The number of likely N-dealkylation sites (tertiary alicyclic amines) is 1. The average Bonchev–Trinajstić information content (AvgIpc) is 2.44. The van der Waals surface area contributed by atoms with Crippen LogP contribution in [0.25, 0.3) is 0 Å². The molecule has 2 amide bonds. The van der Waals surface area contributed by atoms with Crippen molar-refractivity contribution in [2.24, 2.45) is 17.3 Å². The second kappa shape index (κ2) is 7.81. The third kappa shape index (κ3) is 5.01. The van der Waals surface area contributed by atoms with Gasteiger partial charge >= 0.3 is 6.03 Å². The lowest BCUT2D eigenvalue weighted by atomic mass is 9.74. The first kappa shape index (κ1) is 18.0. The normalized spacial score (nSPS) is 19.7. The van der Waals surface area contributed by atoms with E-state index in [1.807, 2.05) is 25.7 Å². The lowest BCUT2D eigenvalue weighted by Gasteiger charge is -2.35. The van der Waals surface area contributed by atoms with Crippen molar-refractivity contribution in [3.63, 3.8) is 0 Å². The van der Waals surface area contributed by atoms with E-state index < -0.39 is 0 Å². The summed E-state index contributed by atoms with van der Waals surface area (Å²) in [5, 5.41) is 2.93. The zero-order valence-corrected chi connectivity index (χ0v) is 14.4. The lowest BCUT2D eigenvalue weighted by Crippen LogP contribution is -2.46. The molecule has 0 bridgehead atoms. The summed E-state index contributed by atoms with van der Waals surface area (Å²) >= 11 is 0. The summed E-state index contributed by atoms with van der Waals surface area (Å²) in [5.74, 6) is 0.993. The van der Waals surface area contributed by atoms with Gasteiger partial charge in [0.05, 0.1) is 0 Å². The summed E-state index contributed by atoms with van der Waals surface area (Å²) < 4.78 is 0. The zero-order valence-electron chi connectivity index (χ0n) is 14.4. The first-order valence-corrected chi connectivity index (χ1v) is 8.35. The van der Waals surface area contributed by atoms with Crippen LogP contribution in [0.2, 0.25) is 0 Å². The highest BCUT2D eigenvalue weighted by Gasteiger charge is 2.34. The van der Waals surface area contributed by atoms with E-state index in [0.29, 0.717) is 24.0 Å². The Labute approximate surface area is 129 Å². The summed E-state index contributed by atoms with van der Waals surface area (Å²) in [6.45, 7) is 12.6. The van der Waals surface area contributed by atoms with Crippen LogP contribution in [-0.4, -0.2) is 36.3 Å². The highest BCUT2D eigenvalue weighted by Crippen LogP contribution is 2.31. The molecule has 1 heterocycles. The van der Waals surface area contributed by atoms with Gasteiger partial charge in [0.1, 0.15) is 5.78 Å². The van der Waals surface area contributed by atoms with E-state index in [4.69, 9.17) is 0 Å². The minimum atomic E-state index is -0.271. The van der Waals surface area contributed by atoms with Crippen molar-refractivity contribution < 1.29 is 9.59 Å². The number of hydrogen-bond donors (Lipinski definition) is 1. The van der Waals surface area contributed by atoms with Crippen LogP contribution in [0.15, 0.2) is 0 Å². The molecule has 1 aliphatic heterocycles. The van der Waals surface area contributed by atoms with E-state index in [2.05, 4.69) is 19.2 Å². The second-order valence-electron chi connectivity index (χ2n) is 7.19. The van der Waals surface area contributed by atoms with Crippen LogP contribution in [0.1, 0.15) is 60.3 Å². The van der Waals surface area contributed by atoms with Crippen molar-refractivity contribution in [2.75, 3.05) is 19.6 Å². The van der Waals surface area contributed by atoms with Crippen LogP contribution in [0.5, 0.6) is 0 Å². The number of amides is 2. The van der Waals surface area contributed by atoms with Gasteiger partial charge in [0, 0.05) is 31.5 Å². The summed E-state index contributed by atoms with van der Waals surface area (Å²) in [6, 6.07) is 0.0251. The molecule has 1 unspecified atom stereocenters. The number of rotatable bonds is 6. The van der Waals surface area contributed by atoms with Crippen molar-refractivity contribution in [3.8, 4) is 0 Å². The van der Waals surface area contributed by atoms with E-state index in [-0.39, 0.29) is 11.4 Å². The molecule has 1 atom stereocenters. The molecular formula is C17H32N2O2. The number of nitrogens with zero attached hydrogens (tertiary/aromatic N) is 1. The fourth-order valence-corrected chi connectivity index (χ4v) is 2.61. The Kier molecular flexibility index (Phi) is 6.69. The number of urea groups is 1. The molecule has 4 nitrogen and oxygen atoms in total. The highest BCUT2D eigenvalue weighted by atomic mass is 16.2. The Morgan fingerprint density at radius 3 is 2.57 bits per heavy atom. The SMILES string of the molecule is CCCNC(=O)N1CCCC(CC(=O)C(C)(C)C(C)C)C1. The first-order chi connectivity index (χ1) is 9.78. The summed E-state index contributed by atoms with van der Waals surface area (Å²) in [4.78, 5) is 26.4. The minimum Gasteiger partial charge on any atom is -0.338 e. The lowest BCUT2D eigenvalue weighted by molar-refractivity contribution is -0.130. The standard InChI is InChI=1S/C17H32N2O2/c1-6-9-18-16(21)19-10-7-8-14(12-19)11-15(20)17(4,5)13(2)3/h13-14H,6-12H2,1-5H3,(H,18,21).